The zero-order valence-electron chi connectivity index (χ0n) is 11.3. The molecule has 1 N–H and O–H groups in total. The van der Waals surface area contributed by atoms with Crippen molar-refractivity contribution in [2.24, 2.45) is 0 Å². The largest absolute Gasteiger partial charge is 0.480 e. The molecular formula is C14H16F3NO3. The molecule has 0 aromatic heterocycles. The summed E-state index contributed by atoms with van der Waals surface area (Å²) in [5, 5.41) is 9.26. The predicted octanol–water partition coefficient (Wildman–Crippen LogP) is 2.08. The molecule has 0 aliphatic carbocycles. The summed E-state index contributed by atoms with van der Waals surface area (Å²) in [6.07, 6.45) is -4.01. The van der Waals surface area contributed by atoms with Gasteiger partial charge >= 0.3 is 12.1 Å². The minimum Gasteiger partial charge on any atom is -0.480 e. The number of carboxylic acids is 1. The van der Waals surface area contributed by atoms with Gasteiger partial charge in [-0.3, -0.25) is 9.69 Å². The lowest BCUT2D eigenvalue weighted by atomic mass is 9.94. The molecule has 116 valence electrons. The average molecular weight is 303 g/mol. The van der Waals surface area contributed by atoms with E-state index in [9.17, 15) is 23.1 Å². The lowest BCUT2D eigenvalue weighted by Crippen LogP contribution is -2.47. The van der Waals surface area contributed by atoms with Gasteiger partial charge in [0.15, 0.2) is 0 Å². The maximum atomic E-state index is 12.0. The number of nitrogens with zero attached hydrogens (tertiary/aromatic N) is 1. The van der Waals surface area contributed by atoms with Crippen LogP contribution in [0.3, 0.4) is 0 Å². The van der Waals surface area contributed by atoms with Gasteiger partial charge in [0.05, 0.1) is 6.61 Å². The molecule has 1 aliphatic rings. The Morgan fingerprint density at radius 1 is 1.33 bits per heavy atom. The molecule has 0 bridgehead atoms. The summed E-state index contributed by atoms with van der Waals surface area (Å²) in [4.78, 5) is 12.9. The number of benzene rings is 1. The molecule has 1 heterocycles. The maximum Gasteiger partial charge on any atom is 0.411 e. The Kier molecular flexibility index (Phi) is 4.84. The molecule has 21 heavy (non-hydrogen) atoms. The van der Waals surface area contributed by atoms with Crippen LogP contribution in [0.1, 0.15) is 11.1 Å². The topological polar surface area (TPSA) is 49.8 Å². The highest BCUT2D eigenvalue weighted by Gasteiger charge is 2.31. The number of rotatable bonds is 5. The van der Waals surface area contributed by atoms with E-state index in [-0.39, 0.29) is 13.2 Å². The number of alkyl halides is 3. The molecule has 2 rings (SSSR count). The predicted molar refractivity (Wildman–Crippen MR) is 68.9 cm³/mol. The molecule has 0 saturated carbocycles. The third kappa shape index (κ3) is 4.44. The van der Waals surface area contributed by atoms with Gasteiger partial charge in [0.1, 0.15) is 12.6 Å². The second-order valence-corrected chi connectivity index (χ2v) is 4.97. The number of carbonyl (C=O) groups is 1. The molecule has 7 heteroatoms. The third-order valence-electron chi connectivity index (χ3n) is 3.42. The standard InChI is InChI=1S/C14H16F3NO3/c15-14(16,17)9-21-6-5-18-8-11-4-2-1-3-10(11)7-12(18)13(19)20/h1-4,12H,5-9H2,(H,19,20). The summed E-state index contributed by atoms with van der Waals surface area (Å²) in [5.74, 6) is -0.972. The Balaban J connectivity index is 1.96. The summed E-state index contributed by atoms with van der Waals surface area (Å²) in [5.41, 5.74) is 1.98. The van der Waals surface area contributed by atoms with Gasteiger partial charge in [0, 0.05) is 13.1 Å². The Hall–Kier alpha value is -1.60. The van der Waals surface area contributed by atoms with Gasteiger partial charge in [-0.05, 0) is 17.5 Å². The van der Waals surface area contributed by atoms with Gasteiger partial charge < -0.3 is 9.84 Å². The number of halogens is 3. The zero-order valence-corrected chi connectivity index (χ0v) is 11.3. The number of hydrogen-bond acceptors (Lipinski definition) is 3. The van der Waals surface area contributed by atoms with Crippen LogP contribution in [0.2, 0.25) is 0 Å². The number of ether oxygens (including phenoxy) is 1. The summed E-state index contributed by atoms with van der Waals surface area (Å²) >= 11 is 0. The van der Waals surface area contributed by atoms with E-state index >= 15 is 0 Å². The summed E-state index contributed by atoms with van der Waals surface area (Å²) < 4.78 is 40.5. The van der Waals surface area contributed by atoms with E-state index in [1.165, 1.54) is 0 Å². The van der Waals surface area contributed by atoms with Gasteiger partial charge in [-0.25, -0.2) is 0 Å². The minimum absolute atomic E-state index is 0.147. The highest BCUT2D eigenvalue weighted by atomic mass is 19.4. The zero-order chi connectivity index (χ0) is 15.5. The van der Waals surface area contributed by atoms with Crippen molar-refractivity contribution in [2.45, 2.75) is 25.2 Å². The maximum absolute atomic E-state index is 12.0. The quantitative estimate of drug-likeness (QED) is 0.846. The Morgan fingerprint density at radius 2 is 2.00 bits per heavy atom. The van der Waals surface area contributed by atoms with Crippen molar-refractivity contribution in [3.8, 4) is 0 Å². The van der Waals surface area contributed by atoms with E-state index < -0.39 is 24.8 Å². The average Bonchev–Trinajstić information content (AvgIpc) is 2.41. The monoisotopic (exact) mass is 303 g/mol. The fourth-order valence-electron chi connectivity index (χ4n) is 2.43. The first kappa shape index (κ1) is 15.8. The molecular weight excluding hydrogens is 287 g/mol. The molecule has 1 aliphatic heterocycles. The van der Waals surface area contributed by atoms with E-state index in [1.54, 1.807) is 4.90 Å². The van der Waals surface area contributed by atoms with Crippen molar-refractivity contribution in [3.63, 3.8) is 0 Å². The van der Waals surface area contributed by atoms with Crippen molar-refractivity contribution in [1.82, 2.24) is 4.90 Å². The Morgan fingerprint density at radius 3 is 2.62 bits per heavy atom. The van der Waals surface area contributed by atoms with Crippen molar-refractivity contribution in [2.75, 3.05) is 19.8 Å². The number of carboxylic acid groups (broad SMARTS) is 1. The number of fused-ring (bicyclic) bond motifs is 1. The lowest BCUT2D eigenvalue weighted by molar-refractivity contribution is -0.175. The van der Waals surface area contributed by atoms with Gasteiger partial charge in [-0.1, -0.05) is 24.3 Å². The van der Waals surface area contributed by atoms with Crippen LogP contribution in [0.4, 0.5) is 13.2 Å². The molecule has 1 aromatic carbocycles. The highest BCUT2D eigenvalue weighted by Crippen LogP contribution is 2.23. The SMILES string of the molecule is O=C(O)C1Cc2ccccc2CN1CCOCC(F)(F)F. The van der Waals surface area contributed by atoms with Crippen LogP contribution < -0.4 is 0 Å². The molecule has 0 saturated heterocycles. The van der Waals surface area contributed by atoms with E-state index in [0.717, 1.165) is 11.1 Å². The number of hydrogen-bond donors (Lipinski definition) is 1. The first-order valence-electron chi connectivity index (χ1n) is 6.55. The normalized spacial score (nSPS) is 19.3. The second-order valence-electron chi connectivity index (χ2n) is 4.97. The van der Waals surface area contributed by atoms with Crippen LogP contribution in [0, 0.1) is 0 Å². The molecule has 0 radical (unpaired) electrons. The minimum atomic E-state index is -4.36. The van der Waals surface area contributed by atoms with Crippen molar-refractivity contribution < 1.29 is 27.8 Å². The molecule has 0 amide bonds. The molecule has 0 spiro atoms. The fraction of sp³-hybridized carbons (Fsp3) is 0.500. The molecule has 4 nitrogen and oxygen atoms in total. The van der Waals surface area contributed by atoms with Gasteiger partial charge in [-0.15, -0.1) is 0 Å². The summed E-state index contributed by atoms with van der Waals surface area (Å²) in [6.45, 7) is -0.898. The van der Waals surface area contributed by atoms with Gasteiger partial charge in [0.25, 0.3) is 0 Å². The Bertz CT molecular complexity index is 504. The van der Waals surface area contributed by atoms with Crippen LogP contribution in [-0.4, -0.2) is 48.0 Å². The first-order valence-corrected chi connectivity index (χ1v) is 6.55. The summed E-state index contributed by atoms with van der Waals surface area (Å²) in [6, 6.07) is 6.76. The van der Waals surface area contributed by atoms with Crippen molar-refractivity contribution in [1.29, 1.82) is 0 Å². The molecule has 1 atom stereocenters. The van der Waals surface area contributed by atoms with Gasteiger partial charge in [-0.2, -0.15) is 13.2 Å². The third-order valence-corrected chi connectivity index (χ3v) is 3.42. The fourth-order valence-corrected chi connectivity index (χ4v) is 2.43. The lowest BCUT2D eigenvalue weighted by Gasteiger charge is -2.34. The highest BCUT2D eigenvalue weighted by molar-refractivity contribution is 5.74. The van der Waals surface area contributed by atoms with E-state index in [1.807, 2.05) is 24.3 Å². The Labute approximate surface area is 120 Å². The summed E-state index contributed by atoms with van der Waals surface area (Å²) in [7, 11) is 0. The van der Waals surface area contributed by atoms with Crippen LogP contribution in [0.15, 0.2) is 24.3 Å². The van der Waals surface area contributed by atoms with Crippen molar-refractivity contribution >= 4 is 5.97 Å². The van der Waals surface area contributed by atoms with E-state index in [4.69, 9.17) is 0 Å². The van der Waals surface area contributed by atoms with Crippen LogP contribution in [0.25, 0.3) is 0 Å². The number of aliphatic carboxylic acids is 1. The smallest absolute Gasteiger partial charge is 0.411 e. The van der Waals surface area contributed by atoms with Crippen LogP contribution >= 0.6 is 0 Å². The first-order chi connectivity index (χ1) is 9.87. The van der Waals surface area contributed by atoms with Crippen LogP contribution in [0.5, 0.6) is 0 Å². The molecule has 0 fully saturated rings. The van der Waals surface area contributed by atoms with E-state index in [0.29, 0.717) is 13.0 Å². The van der Waals surface area contributed by atoms with Crippen molar-refractivity contribution in [3.05, 3.63) is 35.4 Å². The molecule has 1 unspecified atom stereocenters. The van der Waals surface area contributed by atoms with Gasteiger partial charge in [0.2, 0.25) is 0 Å². The van der Waals surface area contributed by atoms with Crippen LogP contribution in [-0.2, 0) is 22.5 Å². The van der Waals surface area contributed by atoms with E-state index in [2.05, 4.69) is 4.74 Å². The molecule has 1 aromatic rings. The second kappa shape index (κ2) is 6.44.